The lowest BCUT2D eigenvalue weighted by Gasteiger charge is -2.20. The Hall–Kier alpha value is -3.06. The fourth-order valence-corrected chi connectivity index (χ4v) is 3.10. The third kappa shape index (κ3) is 4.86. The van der Waals surface area contributed by atoms with E-state index in [9.17, 15) is 9.59 Å². The van der Waals surface area contributed by atoms with Crippen LogP contribution in [0.15, 0.2) is 53.1 Å². The number of rotatable bonds is 7. The van der Waals surface area contributed by atoms with Gasteiger partial charge in [0.15, 0.2) is 11.5 Å². The highest BCUT2D eigenvalue weighted by Crippen LogP contribution is 2.26. The van der Waals surface area contributed by atoms with Crippen LogP contribution in [0.2, 0.25) is 5.02 Å². The number of carbonyl (C=O) groups is 2. The number of carbonyl (C=O) groups excluding carboxylic acids is 2. The molecule has 0 atom stereocenters. The third-order valence-electron chi connectivity index (χ3n) is 4.21. The quantitative estimate of drug-likeness (QED) is 0.638. The molecule has 3 aromatic rings. The average Bonchev–Trinajstić information content (AvgIpc) is 3.34. The van der Waals surface area contributed by atoms with Crippen molar-refractivity contribution in [1.82, 2.24) is 20.0 Å². The van der Waals surface area contributed by atoms with Gasteiger partial charge in [-0.2, -0.15) is 5.10 Å². The van der Waals surface area contributed by atoms with Crippen molar-refractivity contribution in [3.8, 4) is 17.1 Å². The summed E-state index contributed by atoms with van der Waals surface area (Å²) in [6, 6.07) is 12.4. The van der Waals surface area contributed by atoms with Crippen molar-refractivity contribution < 1.29 is 14.0 Å². The lowest BCUT2D eigenvalue weighted by Crippen LogP contribution is -2.42. The standard InChI is InChI=1S/C21H23ClN4O3/c1-4-25(13-20(27)23-14(2)3)21(28)17-12-18(19-9-6-10-29-19)26(24-17)16-8-5-7-15(22)11-16/h5-12,14H,4,13H2,1-3H3,(H,23,27). The van der Waals surface area contributed by atoms with Crippen molar-refractivity contribution in [3.63, 3.8) is 0 Å². The van der Waals surface area contributed by atoms with Crippen molar-refractivity contribution in [2.45, 2.75) is 26.8 Å². The van der Waals surface area contributed by atoms with Gasteiger partial charge in [-0.1, -0.05) is 17.7 Å². The molecule has 0 saturated carbocycles. The van der Waals surface area contributed by atoms with Crippen LogP contribution >= 0.6 is 11.6 Å². The molecule has 0 radical (unpaired) electrons. The molecule has 0 spiro atoms. The second-order valence-electron chi connectivity index (χ2n) is 6.83. The second-order valence-corrected chi connectivity index (χ2v) is 7.26. The van der Waals surface area contributed by atoms with E-state index < -0.39 is 0 Å². The Morgan fingerprint density at radius 1 is 1.24 bits per heavy atom. The maximum atomic E-state index is 13.0. The average molecular weight is 415 g/mol. The van der Waals surface area contributed by atoms with E-state index in [-0.39, 0.29) is 30.1 Å². The van der Waals surface area contributed by atoms with E-state index in [1.807, 2.05) is 26.8 Å². The maximum absolute atomic E-state index is 13.0. The Bertz CT molecular complexity index is 995. The van der Waals surface area contributed by atoms with Gasteiger partial charge in [-0.15, -0.1) is 0 Å². The van der Waals surface area contributed by atoms with Crippen LogP contribution in [-0.4, -0.2) is 45.6 Å². The molecule has 0 aliphatic rings. The van der Waals surface area contributed by atoms with Gasteiger partial charge in [0.2, 0.25) is 5.91 Å². The molecular formula is C21H23ClN4O3. The first-order valence-electron chi connectivity index (χ1n) is 9.37. The summed E-state index contributed by atoms with van der Waals surface area (Å²) < 4.78 is 7.13. The first-order valence-corrected chi connectivity index (χ1v) is 9.75. The Labute approximate surface area is 174 Å². The number of nitrogens with zero attached hydrogens (tertiary/aromatic N) is 3. The number of halogens is 1. The van der Waals surface area contributed by atoms with Crippen LogP contribution in [0.4, 0.5) is 0 Å². The zero-order valence-corrected chi connectivity index (χ0v) is 17.3. The summed E-state index contributed by atoms with van der Waals surface area (Å²) >= 11 is 6.13. The zero-order chi connectivity index (χ0) is 21.0. The van der Waals surface area contributed by atoms with Gasteiger partial charge in [0, 0.05) is 23.7 Å². The minimum Gasteiger partial charge on any atom is -0.463 e. The molecule has 0 aliphatic heterocycles. The summed E-state index contributed by atoms with van der Waals surface area (Å²) in [4.78, 5) is 26.6. The third-order valence-corrected chi connectivity index (χ3v) is 4.44. The Morgan fingerprint density at radius 2 is 2.03 bits per heavy atom. The van der Waals surface area contributed by atoms with Crippen LogP contribution < -0.4 is 5.32 Å². The van der Waals surface area contributed by atoms with Crippen molar-refractivity contribution in [2.24, 2.45) is 0 Å². The molecule has 2 amide bonds. The van der Waals surface area contributed by atoms with E-state index in [1.165, 1.54) is 4.90 Å². The van der Waals surface area contributed by atoms with Gasteiger partial charge < -0.3 is 14.6 Å². The molecule has 0 aliphatic carbocycles. The number of hydrogen-bond donors (Lipinski definition) is 1. The van der Waals surface area contributed by atoms with E-state index >= 15 is 0 Å². The van der Waals surface area contributed by atoms with E-state index in [0.717, 1.165) is 0 Å². The molecule has 29 heavy (non-hydrogen) atoms. The molecule has 152 valence electrons. The van der Waals surface area contributed by atoms with E-state index in [1.54, 1.807) is 47.3 Å². The molecule has 1 aromatic carbocycles. The minimum atomic E-state index is -0.333. The van der Waals surface area contributed by atoms with Crippen molar-refractivity contribution >= 4 is 23.4 Å². The summed E-state index contributed by atoms with van der Waals surface area (Å²) in [5.74, 6) is 0.0212. The molecule has 1 N–H and O–H groups in total. The lowest BCUT2D eigenvalue weighted by molar-refractivity contribution is -0.122. The monoisotopic (exact) mass is 414 g/mol. The van der Waals surface area contributed by atoms with E-state index in [0.29, 0.717) is 28.7 Å². The molecule has 0 saturated heterocycles. The van der Waals surface area contributed by atoms with Crippen LogP contribution in [0, 0.1) is 0 Å². The van der Waals surface area contributed by atoms with Crippen LogP contribution in [0.3, 0.4) is 0 Å². The van der Waals surface area contributed by atoms with Crippen LogP contribution in [0.25, 0.3) is 17.1 Å². The normalized spacial score (nSPS) is 10.9. The number of furan rings is 1. The van der Waals surface area contributed by atoms with Crippen LogP contribution in [-0.2, 0) is 4.79 Å². The lowest BCUT2D eigenvalue weighted by atomic mass is 10.2. The molecule has 7 nitrogen and oxygen atoms in total. The Kier molecular flexibility index (Phi) is 6.39. The first kappa shape index (κ1) is 20.7. The molecule has 2 aromatic heterocycles. The van der Waals surface area contributed by atoms with Gasteiger partial charge in [-0.25, -0.2) is 4.68 Å². The number of nitrogens with one attached hydrogen (secondary N) is 1. The summed E-state index contributed by atoms with van der Waals surface area (Å²) in [6.07, 6.45) is 1.56. The van der Waals surface area contributed by atoms with Crippen LogP contribution in [0.1, 0.15) is 31.3 Å². The topological polar surface area (TPSA) is 80.4 Å². The summed E-state index contributed by atoms with van der Waals surface area (Å²) in [7, 11) is 0. The predicted molar refractivity (Wildman–Crippen MR) is 111 cm³/mol. The molecule has 0 unspecified atom stereocenters. The van der Waals surface area contributed by atoms with Gasteiger partial charge in [0.05, 0.1) is 18.5 Å². The Balaban J connectivity index is 1.96. The summed E-state index contributed by atoms with van der Waals surface area (Å²) in [5, 5.41) is 7.84. The molecule has 2 heterocycles. The predicted octanol–water partition coefficient (Wildman–Crippen LogP) is 3.77. The van der Waals surface area contributed by atoms with E-state index in [4.69, 9.17) is 16.0 Å². The molecule has 0 bridgehead atoms. The second kappa shape index (κ2) is 8.96. The SMILES string of the molecule is CCN(CC(=O)NC(C)C)C(=O)c1cc(-c2ccco2)n(-c2cccc(Cl)c2)n1. The zero-order valence-electron chi connectivity index (χ0n) is 16.6. The highest BCUT2D eigenvalue weighted by molar-refractivity contribution is 6.30. The van der Waals surface area contributed by atoms with Crippen molar-refractivity contribution in [2.75, 3.05) is 13.1 Å². The number of likely N-dealkylation sites (N-methyl/N-ethyl adjacent to an activating group) is 1. The van der Waals surface area contributed by atoms with Crippen LogP contribution in [0.5, 0.6) is 0 Å². The fourth-order valence-electron chi connectivity index (χ4n) is 2.92. The molecule has 3 rings (SSSR count). The van der Waals surface area contributed by atoms with Gasteiger partial charge in [0.1, 0.15) is 5.69 Å². The smallest absolute Gasteiger partial charge is 0.274 e. The highest BCUT2D eigenvalue weighted by atomic mass is 35.5. The number of aromatic nitrogens is 2. The molecule has 0 fully saturated rings. The molecule has 8 heteroatoms. The summed E-state index contributed by atoms with van der Waals surface area (Å²) in [5.41, 5.74) is 1.53. The Morgan fingerprint density at radius 3 is 2.66 bits per heavy atom. The van der Waals surface area contributed by atoms with E-state index in [2.05, 4.69) is 10.4 Å². The highest BCUT2D eigenvalue weighted by Gasteiger charge is 2.23. The van der Waals surface area contributed by atoms with Gasteiger partial charge in [0.25, 0.3) is 5.91 Å². The molecular weight excluding hydrogens is 392 g/mol. The van der Waals surface area contributed by atoms with Crippen molar-refractivity contribution in [1.29, 1.82) is 0 Å². The number of hydrogen-bond acceptors (Lipinski definition) is 4. The fraction of sp³-hybridized carbons (Fsp3) is 0.286. The summed E-state index contributed by atoms with van der Waals surface area (Å²) in [6.45, 7) is 5.91. The van der Waals surface area contributed by atoms with Gasteiger partial charge in [-0.3, -0.25) is 9.59 Å². The first-order chi connectivity index (χ1) is 13.9. The van der Waals surface area contributed by atoms with Gasteiger partial charge >= 0.3 is 0 Å². The van der Waals surface area contributed by atoms with Gasteiger partial charge in [-0.05, 0) is 51.1 Å². The maximum Gasteiger partial charge on any atom is 0.274 e. The number of benzene rings is 1. The number of amides is 2. The minimum absolute atomic E-state index is 0.00361. The largest absolute Gasteiger partial charge is 0.463 e. The van der Waals surface area contributed by atoms with Crippen molar-refractivity contribution in [3.05, 3.63) is 59.4 Å².